The van der Waals surface area contributed by atoms with Crippen LogP contribution in [0.25, 0.3) is 0 Å². The van der Waals surface area contributed by atoms with Gasteiger partial charge in [0.1, 0.15) is 10.7 Å². The van der Waals surface area contributed by atoms with Crippen LogP contribution in [0, 0.1) is 13.8 Å². The number of benzene rings is 2. The van der Waals surface area contributed by atoms with Crippen LogP contribution < -0.4 is 10.0 Å². The summed E-state index contributed by atoms with van der Waals surface area (Å²) in [6, 6.07) is 12.9. The Bertz CT molecular complexity index is 1090. The predicted molar refractivity (Wildman–Crippen MR) is 108 cm³/mol. The van der Waals surface area contributed by atoms with Gasteiger partial charge in [0.15, 0.2) is 0 Å². The van der Waals surface area contributed by atoms with Gasteiger partial charge in [0.2, 0.25) is 0 Å². The third-order valence-corrected chi connectivity index (χ3v) is 5.82. The van der Waals surface area contributed by atoms with Crippen molar-refractivity contribution in [1.29, 1.82) is 0 Å². The lowest BCUT2D eigenvalue weighted by atomic mass is 10.1. The molecule has 0 aliphatic heterocycles. The first kappa shape index (κ1) is 20.0. The zero-order chi connectivity index (χ0) is 20.3. The first-order chi connectivity index (χ1) is 13.2. The van der Waals surface area contributed by atoms with E-state index in [2.05, 4.69) is 10.0 Å². The molecule has 0 unspecified atom stereocenters. The van der Waals surface area contributed by atoms with Crippen molar-refractivity contribution in [3.05, 3.63) is 82.3 Å². The second-order valence-corrected chi connectivity index (χ2v) is 8.45. The van der Waals surface area contributed by atoms with Gasteiger partial charge >= 0.3 is 0 Å². The quantitative estimate of drug-likeness (QED) is 0.625. The van der Waals surface area contributed by atoms with Crippen LogP contribution in [0.5, 0.6) is 0 Å². The van der Waals surface area contributed by atoms with Crippen molar-refractivity contribution >= 4 is 33.2 Å². The topological polar surface area (TPSA) is 88.4 Å². The Balaban J connectivity index is 1.84. The number of amides is 1. The number of rotatable bonds is 6. The van der Waals surface area contributed by atoms with Gasteiger partial charge in [0.25, 0.3) is 15.9 Å². The molecule has 0 fully saturated rings. The summed E-state index contributed by atoms with van der Waals surface area (Å²) < 4.78 is 33.3. The van der Waals surface area contributed by atoms with Crippen LogP contribution in [0.1, 0.15) is 27.2 Å². The monoisotopic (exact) mass is 418 g/mol. The van der Waals surface area contributed by atoms with Crippen LogP contribution in [0.15, 0.2) is 64.1 Å². The summed E-state index contributed by atoms with van der Waals surface area (Å²) in [6.07, 6.45) is 1.51. The fourth-order valence-corrected chi connectivity index (χ4v) is 4.34. The highest BCUT2D eigenvalue weighted by Crippen LogP contribution is 2.26. The van der Waals surface area contributed by atoms with E-state index in [1.807, 2.05) is 19.9 Å². The average molecular weight is 419 g/mol. The van der Waals surface area contributed by atoms with Crippen molar-refractivity contribution in [3.63, 3.8) is 0 Å². The van der Waals surface area contributed by atoms with Crippen molar-refractivity contribution in [2.24, 2.45) is 0 Å². The molecule has 2 N–H and O–H groups in total. The first-order valence-electron chi connectivity index (χ1n) is 8.46. The lowest BCUT2D eigenvalue weighted by molar-refractivity contribution is 0.0948. The Morgan fingerprint density at radius 2 is 1.79 bits per heavy atom. The highest BCUT2D eigenvalue weighted by atomic mass is 35.5. The molecule has 1 amide bonds. The van der Waals surface area contributed by atoms with Gasteiger partial charge in [-0.1, -0.05) is 17.7 Å². The largest absolute Gasteiger partial charge is 0.467 e. The molecule has 0 aliphatic carbocycles. The summed E-state index contributed by atoms with van der Waals surface area (Å²) in [4.78, 5) is 12.2. The Hall–Kier alpha value is -2.77. The van der Waals surface area contributed by atoms with Crippen LogP contribution in [0.3, 0.4) is 0 Å². The highest BCUT2D eigenvalue weighted by Gasteiger charge is 2.21. The molecule has 2 aromatic carbocycles. The minimum absolute atomic E-state index is 0.0273. The van der Waals surface area contributed by atoms with E-state index in [4.69, 9.17) is 16.0 Å². The molecular weight excluding hydrogens is 400 g/mol. The molecule has 146 valence electrons. The maximum absolute atomic E-state index is 12.8. The molecule has 1 heterocycles. The fourth-order valence-electron chi connectivity index (χ4n) is 2.78. The molecule has 28 heavy (non-hydrogen) atoms. The second kappa shape index (κ2) is 8.08. The van der Waals surface area contributed by atoms with Crippen molar-refractivity contribution in [2.75, 3.05) is 4.72 Å². The summed E-state index contributed by atoms with van der Waals surface area (Å²) in [5.74, 6) is 0.155. The number of sulfonamides is 1. The predicted octanol–water partition coefficient (Wildman–Crippen LogP) is 4.28. The summed E-state index contributed by atoms with van der Waals surface area (Å²) in [5, 5.41) is 2.70. The van der Waals surface area contributed by atoms with E-state index in [-0.39, 0.29) is 22.0 Å². The smallest absolute Gasteiger partial charge is 0.263 e. The third-order valence-electron chi connectivity index (χ3n) is 3.96. The van der Waals surface area contributed by atoms with E-state index >= 15 is 0 Å². The van der Waals surface area contributed by atoms with Crippen molar-refractivity contribution < 1.29 is 17.6 Å². The number of anilines is 1. The van der Waals surface area contributed by atoms with Crippen LogP contribution in [-0.2, 0) is 16.6 Å². The molecule has 8 heteroatoms. The van der Waals surface area contributed by atoms with Gasteiger partial charge in [-0.05, 0) is 67.4 Å². The molecule has 3 rings (SSSR count). The van der Waals surface area contributed by atoms with Crippen molar-refractivity contribution in [2.45, 2.75) is 25.3 Å². The second-order valence-electron chi connectivity index (χ2n) is 6.39. The lowest BCUT2D eigenvalue weighted by Crippen LogP contribution is -2.23. The van der Waals surface area contributed by atoms with Gasteiger partial charge in [0.05, 0.1) is 17.8 Å². The number of carbonyl (C=O) groups is 1. The average Bonchev–Trinajstić information content (AvgIpc) is 3.12. The number of furan rings is 1. The maximum atomic E-state index is 12.8. The van der Waals surface area contributed by atoms with E-state index in [9.17, 15) is 13.2 Å². The van der Waals surface area contributed by atoms with Crippen LogP contribution in [0.2, 0.25) is 5.02 Å². The van der Waals surface area contributed by atoms with E-state index in [0.717, 1.165) is 11.1 Å². The summed E-state index contributed by atoms with van der Waals surface area (Å²) in [5.41, 5.74) is 2.46. The van der Waals surface area contributed by atoms with Gasteiger partial charge in [-0.15, -0.1) is 0 Å². The van der Waals surface area contributed by atoms with Gasteiger partial charge < -0.3 is 9.73 Å². The Morgan fingerprint density at radius 1 is 1.07 bits per heavy atom. The summed E-state index contributed by atoms with van der Waals surface area (Å²) in [7, 11) is -3.97. The number of nitrogens with one attached hydrogen (secondary N) is 2. The Labute approximate surface area is 168 Å². The molecule has 0 radical (unpaired) electrons. The number of hydrogen-bond acceptors (Lipinski definition) is 4. The van der Waals surface area contributed by atoms with Gasteiger partial charge in [-0.25, -0.2) is 8.42 Å². The number of aryl methyl sites for hydroxylation is 2. The van der Waals surface area contributed by atoms with Crippen LogP contribution in [0.4, 0.5) is 5.69 Å². The van der Waals surface area contributed by atoms with E-state index in [1.165, 1.54) is 24.5 Å². The molecule has 0 atom stereocenters. The molecule has 0 bridgehead atoms. The molecule has 6 nitrogen and oxygen atoms in total. The molecule has 0 saturated carbocycles. The molecular formula is C20H19ClN2O4S. The number of halogens is 1. The molecule has 0 aliphatic rings. The van der Waals surface area contributed by atoms with E-state index in [0.29, 0.717) is 11.4 Å². The normalized spacial score (nSPS) is 11.2. The SMILES string of the molecule is Cc1cc(C)cc(NS(=O)(=O)c2cc(C(=O)NCc3ccco3)ccc2Cl)c1. The minimum atomic E-state index is -3.97. The molecule has 1 aromatic heterocycles. The van der Waals surface area contributed by atoms with Crippen molar-refractivity contribution in [3.8, 4) is 0 Å². The highest BCUT2D eigenvalue weighted by molar-refractivity contribution is 7.92. The fraction of sp³-hybridized carbons (Fsp3) is 0.150. The summed E-state index contributed by atoms with van der Waals surface area (Å²) >= 11 is 6.11. The maximum Gasteiger partial charge on any atom is 0.263 e. The van der Waals surface area contributed by atoms with Gasteiger partial charge in [-0.2, -0.15) is 0 Å². The van der Waals surface area contributed by atoms with E-state index in [1.54, 1.807) is 24.3 Å². The summed E-state index contributed by atoms with van der Waals surface area (Å²) in [6.45, 7) is 3.95. The zero-order valence-corrected chi connectivity index (χ0v) is 16.9. The van der Waals surface area contributed by atoms with Crippen molar-refractivity contribution in [1.82, 2.24) is 5.32 Å². The third kappa shape index (κ3) is 4.74. The molecule has 3 aromatic rings. The standard InChI is InChI=1S/C20H19ClN2O4S/c1-13-8-14(2)10-16(9-13)23-28(25,26)19-11-15(5-6-18(19)21)20(24)22-12-17-4-3-7-27-17/h3-11,23H,12H2,1-2H3,(H,22,24). The van der Waals surface area contributed by atoms with Crippen LogP contribution in [-0.4, -0.2) is 14.3 Å². The van der Waals surface area contributed by atoms with Gasteiger partial charge in [0, 0.05) is 11.3 Å². The van der Waals surface area contributed by atoms with E-state index < -0.39 is 15.9 Å². The molecule has 0 spiro atoms. The number of hydrogen-bond donors (Lipinski definition) is 2. The Morgan fingerprint density at radius 3 is 2.43 bits per heavy atom. The lowest BCUT2D eigenvalue weighted by Gasteiger charge is -2.12. The van der Waals surface area contributed by atoms with Gasteiger partial charge in [-0.3, -0.25) is 9.52 Å². The molecule has 0 saturated heterocycles. The zero-order valence-electron chi connectivity index (χ0n) is 15.3. The minimum Gasteiger partial charge on any atom is -0.467 e. The Kier molecular flexibility index (Phi) is 5.76. The number of carbonyl (C=O) groups excluding carboxylic acids is 1. The van der Waals surface area contributed by atoms with Crippen LogP contribution >= 0.6 is 11.6 Å². The first-order valence-corrected chi connectivity index (χ1v) is 10.3.